The van der Waals surface area contributed by atoms with Crippen LogP contribution in [0.4, 0.5) is 17.6 Å². The minimum absolute atomic E-state index is 0.236. The van der Waals surface area contributed by atoms with Gasteiger partial charge < -0.3 is 20.7 Å². The summed E-state index contributed by atoms with van der Waals surface area (Å²) in [6.07, 6.45) is 0.236. The van der Waals surface area contributed by atoms with Crippen molar-refractivity contribution in [2.24, 2.45) is 0 Å². The molecule has 110 valence electrons. The molecule has 21 heavy (non-hydrogen) atoms. The van der Waals surface area contributed by atoms with Crippen molar-refractivity contribution in [3.05, 3.63) is 42.0 Å². The molecule has 0 spiro atoms. The first-order valence-corrected chi connectivity index (χ1v) is 6.97. The quantitative estimate of drug-likeness (QED) is 0.867. The Labute approximate surface area is 124 Å². The summed E-state index contributed by atoms with van der Waals surface area (Å²) >= 11 is 0. The predicted octanol–water partition coefficient (Wildman–Crippen LogP) is 1.51. The zero-order valence-corrected chi connectivity index (χ0v) is 12.0. The highest BCUT2D eigenvalue weighted by molar-refractivity contribution is 5.53. The zero-order valence-electron chi connectivity index (χ0n) is 12.0. The molecule has 1 aliphatic rings. The lowest BCUT2D eigenvalue weighted by Crippen LogP contribution is -2.52. The highest BCUT2D eigenvalue weighted by Gasteiger charge is 2.29. The summed E-state index contributed by atoms with van der Waals surface area (Å²) in [7, 11) is 1.81. The third-order valence-electron chi connectivity index (χ3n) is 3.49. The maximum atomic E-state index is 5.87. The largest absolute Gasteiger partial charge is 0.373 e. The van der Waals surface area contributed by atoms with Crippen LogP contribution < -0.4 is 16.0 Å². The van der Waals surface area contributed by atoms with Gasteiger partial charge in [0.1, 0.15) is 11.6 Å². The normalized spacial score (nSPS) is 14.8. The maximum absolute atomic E-state index is 5.87. The van der Waals surface area contributed by atoms with E-state index in [9.17, 15) is 0 Å². The van der Waals surface area contributed by atoms with Gasteiger partial charge in [0.15, 0.2) is 0 Å². The summed E-state index contributed by atoms with van der Waals surface area (Å²) in [6, 6.07) is 12.1. The van der Waals surface area contributed by atoms with Crippen LogP contribution in [-0.4, -0.2) is 36.2 Å². The van der Waals surface area contributed by atoms with Gasteiger partial charge in [-0.15, -0.1) is 0 Å². The van der Waals surface area contributed by atoms with Crippen LogP contribution in [0, 0.1) is 0 Å². The molecule has 0 aliphatic carbocycles. The van der Waals surface area contributed by atoms with Crippen molar-refractivity contribution in [3.8, 4) is 0 Å². The molecule has 0 bridgehead atoms. The highest BCUT2D eigenvalue weighted by Crippen LogP contribution is 2.23. The Balaban J connectivity index is 1.52. The molecule has 1 fully saturated rings. The predicted molar refractivity (Wildman–Crippen MR) is 83.2 cm³/mol. The SMILES string of the molecule is CNc1cc(N2CC(OCc3ccccc3)C2)nc(N)n1. The summed E-state index contributed by atoms with van der Waals surface area (Å²) in [5.74, 6) is 1.85. The molecule has 1 aromatic heterocycles. The first-order valence-electron chi connectivity index (χ1n) is 6.97. The van der Waals surface area contributed by atoms with Crippen molar-refractivity contribution in [2.45, 2.75) is 12.7 Å². The van der Waals surface area contributed by atoms with E-state index in [2.05, 4.69) is 32.3 Å². The van der Waals surface area contributed by atoms with E-state index < -0.39 is 0 Å². The second-order valence-corrected chi connectivity index (χ2v) is 5.04. The fraction of sp³-hybridized carbons (Fsp3) is 0.333. The van der Waals surface area contributed by atoms with Crippen LogP contribution in [0.25, 0.3) is 0 Å². The summed E-state index contributed by atoms with van der Waals surface area (Å²) in [5, 5.41) is 2.98. The van der Waals surface area contributed by atoms with Crippen LogP contribution in [0.3, 0.4) is 0 Å². The molecular formula is C15H19N5O. The number of benzene rings is 1. The number of nitrogen functional groups attached to an aromatic ring is 1. The van der Waals surface area contributed by atoms with E-state index in [0.29, 0.717) is 6.61 Å². The van der Waals surface area contributed by atoms with E-state index >= 15 is 0 Å². The fourth-order valence-electron chi connectivity index (χ4n) is 2.26. The van der Waals surface area contributed by atoms with Crippen LogP contribution in [-0.2, 0) is 11.3 Å². The van der Waals surface area contributed by atoms with Gasteiger partial charge >= 0.3 is 0 Å². The second-order valence-electron chi connectivity index (χ2n) is 5.04. The van der Waals surface area contributed by atoms with Crippen LogP contribution in [0.15, 0.2) is 36.4 Å². The van der Waals surface area contributed by atoms with E-state index in [4.69, 9.17) is 10.5 Å². The molecule has 0 amide bonds. The van der Waals surface area contributed by atoms with Gasteiger partial charge in [-0.05, 0) is 5.56 Å². The van der Waals surface area contributed by atoms with Crippen molar-refractivity contribution in [1.29, 1.82) is 0 Å². The molecule has 0 saturated carbocycles. The Kier molecular flexibility index (Phi) is 3.87. The Morgan fingerprint density at radius 2 is 2.05 bits per heavy atom. The van der Waals surface area contributed by atoms with Crippen molar-refractivity contribution in [1.82, 2.24) is 9.97 Å². The van der Waals surface area contributed by atoms with E-state index in [0.717, 1.165) is 24.7 Å². The number of hydrogen-bond acceptors (Lipinski definition) is 6. The number of nitrogens with two attached hydrogens (primary N) is 1. The minimum Gasteiger partial charge on any atom is -0.373 e. The Morgan fingerprint density at radius 3 is 2.76 bits per heavy atom. The Bertz CT molecular complexity index is 598. The van der Waals surface area contributed by atoms with E-state index in [1.807, 2.05) is 31.3 Å². The molecule has 1 saturated heterocycles. The molecule has 0 atom stereocenters. The van der Waals surface area contributed by atoms with E-state index in [-0.39, 0.29) is 12.1 Å². The molecule has 3 N–H and O–H groups in total. The number of nitrogens with zero attached hydrogens (tertiary/aromatic N) is 3. The van der Waals surface area contributed by atoms with Crippen LogP contribution in [0.1, 0.15) is 5.56 Å². The van der Waals surface area contributed by atoms with Gasteiger partial charge in [-0.25, -0.2) is 0 Å². The summed E-state index contributed by atoms with van der Waals surface area (Å²) in [5.41, 5.74) is 6.89. The monoisotopic (exact) mass is 285 g/mol. The van der Waals surface area contributed by atoms with Gasteiger partial charge in [0.05, 0.1) is 12.7 Å². The summed E-state index contributed by atoms with van der Waals surface area (Å²) < 4.78 is 5.87. The second kappa shape index (κ2) is 5.97. The first-order chi connectivity index (χ1) is 10.2. The van der Waals surface area contributed by atoms with Gasteiger partial charge in [-0.2, -0.15) is 9.97 Å². The molecule has 0 unspecified atom stereocenters. The van der Waals surface area contributed by atoms with E-state index in [1.165, 1.54) is 5.56 Å². The van der Waals surface area contributed by atoms with Gasteiger partial charge in [0, 0.05) is 26.2 Å². The molecule has 2 heterocycles. The molecule has 0 radical (unpaired) electrons. The first kappa shape index (κ1) is 13.6. The highest BCUT2D eigenvalue weighted by atomic mass is 16.5. The molecule has 2 aromatic rings. The zero-order chi connectivity index (χ0) is 14.7. The Hall–Kier alpha value is -2.34. The van der Waals surface area contributed by atoms with Crippen molar-refractivity contribution < 1.29 is 4.74 Å². The molecule has 6 heteroatoms. The Morgan fingerprint density at radius 1 is 1.29 bits per heavy atom. The molecule has 6 nitrogen and oxygen atoms in total. The number of nitrogens with one attached hydrogen (secondary N) is 1. The maximum Gasteiger partial charge on any atom is 0.223 e. The average Bonchev–Trinajstić information content (AvgIpc) is 2.46. The molecule has 3 rings (SSSR count). The molecule has 1 aliphatic heterocycles. The third kappa shape index (κ3) is 3.22. The van der Waals surface area contributed by atoms with Gasteiger partial charge in [-0.3, -0.25) is 0 Å². The summed E-state index contributed by atoms with van der Waals surface area (Å²) in [6.45, 7) is 2.30. The van der Waals surface area contributed by atoms with Gasteiger partial charge in [0.25, 0.3) is 0 Å². The number of rotatable bonds is 5. The van der Waals surface area contributed by atoms with Crippen LogP contribution >= 0.6 is 0 Å². The fourth-order valence-corrected chi connectivity index (χ4v) is 2.26. The van der Waals surface area contributed by atoms with Gasteiger partial charge in [-0.1, -0.05) is 30.3 Å². The summed E-state index contributed by atoms with van der Waals surface area (Å²) in [4.78, 5) is 10.5. The minimum atomic E-state index is 0.236. The average molecular weight is 285 g/mol. The molecular weight excluding hydrogens is 266 g/mol. The number of hydrogen-bond donors (Lipinski definition) is 2. The van der Waals surface area contributed by atoms with Crippen molar-refractivity contribution >= 4 is 17.6 Å². The number of anilines is 3. The topological polar surface area (TPSA) is 76.3 Å². The van der Waals surface area contributed by atoms with Crippen molar-refractivity contribution in [2.75, 3.05) is 36.1 Å². The lowest BCUT2D eigenvalue weighted by molar-refractivity contribution is 0.0221. The van der Waals surface area contributed by atoms with Crippen molar-refractivity contribution in [3.63, 3.8) is 0 Å². The van der Waals surface area contributed by atoms with E-state index in [1.54, 1.807) is 0 Å². The third-order valence-corrected chi connectivity index (χ3v) is 3.49. The standard InChI is InChI=1S/C15H19N5O/c1-17-13-7-14(19-15(16)18-13)20-8-12(9-20)21-10-11-5-3-2-4-6-11/h2-7,12H,8-10H2,1H3,(H3,16,17,18,19). The van der Waals surface area contributed by atoms with Crippen LogP contribution in [0.2, 0.25) is 0 Å². The lowest BCUT2D eigenvalue weighted by Gasteiger charge is -2.39. The lowest BCUT2D eigenvalue weighted by atomic mass is 10.1. The van der Waals surface area contributed by atoms with Crippen LogP contribution in [0.5, 0.6) is 0 Å². The molecule has 1 aromatic carbocycles. The smallest absolute Gasteiger partial charge is 0.223 e. The number of ether oxygens (including phenoxy) is 1. The van der Waals surface area contributed by atoms with Gasteiger partial charge in [0.2, 0.25) is 5.95 Å². The number of aromatic nitrogens is 2.